The minimum Gasteiger partial charge on any atom is -0.468 e. The van der Waals surface area contributed by atoms with E-state index in [-0.39, 0.29) is 5.82 Å². The molecule has 0 bridgehead atoms. The number of benzene rings is 1. The van der Waals surface area contributed by atoms with Crippen LogP contribution in [-0.2, 0) is 14.9 Å². The summed E-state index contributed by atoms with van der Waals surface area (Å²) < 4.78 is 18.4. The number of rotatable bonds is 3. The molecule has 94 valence electrons. The average Bonchev–Trinajstić information content (AvgIpc) is 2.30. The number of halogens is 1. The SMILES string of the molecule is COC(=O)C(N)C(C)(C)c1cc(C)ccc1F. The van der Waals surface area contributed by atoms with E-state index in [2.05, 4.69) is 4.74 Å². The van der Waals surface area contributed by atoms with Gasteiger partial charge in [-0.25, -0.2) is 4.39 Å². The van der Waals surface area contributed by atoms with Gasteiger partial charge in [-0.1, -0.05) is 31.5 Å². The van der Waals surface area contributed by atoms with E-state index in [1.165, 1.54) is 13.2 Å². The van der Waals surface area contributed by atoms with Gasteiger partial charge in [0, 0.05) is 5.41 Å². The largest absolute Gasteiger partial charge is 0.468 e. The Morgan fingerprint density at radius 2 is 2.06 bits per heavy atom. The van der Waals surface area contributed by atoms with Crippen LogP contribution >= 0.6 is 0 Å². The van der Waals surface area contributed by atoms with Gasteiger partial charge in [-0.15, -0.1) is 0 Å². The van der Waals surface area contributed by atoms with E-state index in [9.17, 15) is 9.18 Å². The maximum atomic E-state index is 13.8. The number of nitrogens with two attached hydrogens (primary N) is 1. The fourth-order valence-electron chi connectivity index (χ4n) is 1.72. The highest BCUT2D eigenvalue weighted by atomic mass is 19.1. The summed E-state index contributed by atoms with van der Waals surface area (Å²) in [6.07, 6.45) is 0. The maximum Gasteiger partial charge on any atom is 0.323 e. The minimum atomic E-state index is -0.899. The fourth-order valence-corrected chi connectivity index (χ4v) is 1.72. The quantitative estimate of drug-likeness (QED) is 0.820. The Bertz CT molecular complexity index is 429. The Morgan fingerprint density at radius 3 is 2.59 bits per heavy atom. The van der Waals surface area contributed by atoms with Gasteiger partial charge in [0.15, 0.2) is 0 Å². The summed E-state index contributed by atoms with van der Waals surface area (Å²) in [6.45, 7) is 5.32. The molecule has 1 aromatic carbocycles. The van der Waals surface area contributed by atoms with Gasteiger partial charge in [-0.2, -0.15) is 0 Å². The van der Waals surface area contributed by atoms with Crippen LogP contribution in [-0.4, -0.2) is 19.1 Å². The normalized spacial score (nSPS) is 13.3. The Morgan fingerprint density at radius 1 is 1.47 bits per heavy atom. The summed E-state index contributed by atoms with van der Waals surface area (Å²) in [5.41, 5.74) is 6.35. The third kappa shape index (κ3) is 2.64. The molecule has 0 saturated carbocycles. The molecule has 0 saturated heterocycles. The summed E-state index contributed by atoms with van der Waals surface area (Å²) in [4.78, 5) is 11.5. The molecule has 0 aromatic heterocycles. The molecule has 17 heavy (non-hydrogen) atoms. The van der Waals surface area contributed by atoms with Crippen molar-refractivity contribution in [1.29, 1.82) is 0 Å². The monoisotopic (exact) mass is 239 g/mol. The third-order valence-corrected chi connectivity index (χ3v) is 3.05. The molecule has 0 aliphatic rings. The molecule has 0 heterocycles. The molecule has 0 fully saturated rings. The molecular weight excluding hydrogens is 221 g/mol. The molecular formula is C13H18FNO2. The molecule has 0 aliphatic heterocycles. The molecule has 2 N–H and O–H groups in total. The number of aryl methyl sites for hydroxylation is 1. The van der Waals surface area contributed by atoms with Crippen molar-refractivity contribution in [2.24, 2.45) is 5.73 Å². The second-order valence-electron chi connectivity index (χ2n) is 4.71. The van der Waals surface area contributed by atoms with E-state index < -0.39 is 17.4 Å². The van der Waals surface area contributed by atoms with Gasteiger partial charge in [0.2, 0.25) is 0 Å². The summed E-state index contributed by atoms with van der Waals surface area (Å²) in [7, 11) is 1.27. The van der Waals surface area contributed by atoms with Crippen LogP contribution < -0.4 is 5.73 Å². The van der Waals surface area contributed by atoms with Crippen molar-refractivity contribution in [2.75, 3.05) is 7.11 Å². The maximum absolute atomic E-state index is 13.8. The Kier molecular flexibility index (Phi) is 3.88. The van der Waals surface area contributed by atoms with E-state index in [4.69, 9.17) is 5.73 Å². The van der Waals surface area contributed by atoms with Gasteiger partial charge in [-0.3, -0.25) is 4.79 Å². The van der Waals surface area contributed by atoms with Crippen LogP contribution in [0.3, 0.4) is 0 Å². The van der Waals surface area contributed by atoms with Crippen LogP contribution in [0.2, 0.25) is 0 Å². The molecule has 4 heteroatoms. The standard InChI is InChI=1S/C13H18FNO2/c1-8-5-6-10(14)9(7-8)13(2,3)11(15)12(16)17-4/h5-7,11H,15H2,1-4H3. The predicted octanol–water partition coefficient (Wildman–Crippen LogP) is 1.91. The summed E-state index contributed by atoms with van der Waals surface area (Å²) in [6, 6.07) is 3.87. The number of carbonyl (C=O) groups excluding carboxylic acids is 1. The van der Waals surface area contributed by atoms with Crippen molar-refractivity contribution < 1.29 is 13.9 Å². The Balaban J connectivity index is 3.20. The number of hydrogen-bond acceptors (Lipinski definition) is 3. The second kappa shape index (κ2) is 4.84. The van der Waals surface area contributed by atoms with Crippen molar-refractivity contribution in [3.63, 3.8) is 0 Å². The van der Waals surface area contributed by atoms with Crippen molar-refractivity contribution in [3.8, 4) is 0 Å². The van der Waals surface area contributed by atoms with E-state index in [0.717, 1.165) is 5.56 Å². The van der Waals surface area contributed by atoms with Gasteiger partial charge in [0.25, 0.3) is 0 Å². The molecule has 0 spiro atoms. The van der Waals surface area contributed by atoms with Crippen molar-refractivity contribution >= 4 is 5.97 Å². The molecule has 1 aromatic rings. The zero-order valence-corrected chi connectivity index (χ0v) is 10.6. The van der Waals surface area contributed by atoms with Crippen LogP contribution in [0.25, 0.3) is 0 Å². The van der Waals surface area contributed by atoms with Crippen LogP contribution in [0.15, 0.2) is 18.2 Å². The van der Waals surface area contributed by atoms with Crippen LogP contribution in [0.5, 0.6) is 0 Å². The summed E-state index contributed by atoms with van der Waals surface area (Å²) >= 11 is 0. The van der Waals surface area contributed by atoms with E-state index in [1.807, 2.05) is 6.92 Å². The molecule has 0 radical (unpaired) electrons. The highest BCUT2D eigenvalue weighted by molar-refractivity contribution is 5.77. The lowest BCUT2D eigenvalue weighted by Gasteiger charge is -2.30. The number of methoxy groups -OCH3 is 1. The van der Waals surface area contributed by atoms with Crippen molar-refractivity contribution in [2.45, 2.75) is 32.2 Å². The van der Waals surface area contributed by atoms with Crippen LogP contribution in [0, 0.1) is 12.7 Å². The molecule has 1 unspecified atom stereocenters. The van der Waals surface area contributed by atoms with E-state index >= 15 is 0 Å². The highest BCUT2D eigenvalue weighted by Crippen LogP contribution is 2.29. The average molecular weight is 239 g/mol. The topological polar surface area (TPSA) is 52.3 Å². The zero-order valence-electron chi connectivity index (χ0n) is 10.6. The van der Waals surface area contributed by atoms with Crippen molar-refractivity contribution in [1.82, 2.24) is 0 Å². The lowest BCUT2D eigenvalue weighted by Crippen LogP contribution is -2.47. The van der Waals surface area contributed by atoms with Gasteiger partial charge >= 0.3 is 5.97 Å². The first-order valence-electron chi connectivity index (χ1n) is 5.40. The first-order valence-corrected chi connectivity index (χ1v) is 5.40. The predicted molar refractivity (Wildman–Crippen MR) is 64.2 cm³/mol. The van der Waals surface area contributed by atoms with E-state index in [1.54, 1.807) is 26.0 Å². The third-order valence-electron chi connectivity index (χ3n) is 3.05. The highest BCUT2D eigenvalue weighted by Gasteiger charge is 2.36. The molecule has 3 nitrogen and oxygen atoms in total. The van der Waals surface area contributed by atoms with Gasteiger partial charge < -0.3 is 10.5 Å². The number of carbonyl (C=O) groups is 1. The molecule has 0 amide bonds. The van der Waals surface area contributed by atoms with Gasteiger partial charge in [0.1, 0.15) is 11.9 Å². The molecule has 0 aliphatic carbocycles. The zero-order chi connectivity index (χ0) is 13.2. The first kappa shape index (κ1) is 13.6. The lowest BCUT2D eigenvalue weighted by molar-refractivity contribution is -0.143. The number of esters is 1. The van der Waals surface area contributed by atoms with Crippen LogP contribution in [0.4, 0.5) is 4.39 Å². The Labute approximate surface area is 101 Å². The molecule has 1 atom stereocenters. The Hall–Kier alpha value is -1.42. The first-order chi connectivity index (χ1) is 7.80. The van der Waals surface area contributed by atoms with E-state index in [0.29, 0.717) is 5.56 Å². The summed E-state index contributed by atoms with van der Waals surface area (Å²) in [5.74, 6) is -0.907. The minimum absolute atomic E-state index is 0.361. The fraction of sp³-hybridized carbons (Fsp3) is 0.462. The van der Waals surface area contributed by atoms with Crippen molar-refractivity contribution in [3.05, 3.63) is 35.1 Å². The lowest BCUT2D eigenvalue weighted by atomic mass is 9.77. The smallest absolute Gasteiger partial charge is 0.323 e. The van der Waals surface area contributed by atoms with Gasteiger partial charge in [0.05, 0.1) is 7.11 Å². The number of ether oxygens (including phenoxy) is 1. The van der Waals surface area contributed by atoms with Crippen LogP contribution in [0.1, 0.15) is 25.0 Å². The molecule has 1 rings (SSSR count). The summed E-state index contributed by atoms with van der Waals surface area (Å²) in [5, 5.41) is 0. The number of hydrogen-bond donors (Lipinski definition) is 1. The second-order valence-corrected chi connectivity index (χ2v) is 4.71. The van der Waals surface area contributed by atoms with Gasteiger partial charge in [-0.05, 0) is 18.6 Å².